The lowest BCUT2D eigenvalue weighted by atomic mass is 9.96. The number of hydrogen-bond acceptors (Lipinski definition) is 6. The molecule has 0 unspecified atom stereocenters. The van der Waals surface area contributed by atoms with Gasteiger partial charge >= 0.3 is 0 Å². The molecule has 0 bridgehead atoms. The fourth-order valence-electron chi connectivity index (χ4n) is 3.05. The van der Waals surface area contributed by atoms with Gasteiger partial charge in [-0.25, -0.2) is 4.98 Å². The highest BCUT2D eigenvalue weighted by molar-refractivity contribution is 7.13. The number of nitrogens with zero attached hydrogens (tertiary/aromatic N) is 3. The number of nitrogens with one attached hydrogen (secondary N) is 2. The summed E-state index contributed by atoms with van der Waals surface area (Å²) in [6.07, 6.45) is 5.78. The quantitative estimate of drug-likeness (QED) is 0.652. The average molecular weight is 348 g/mol. The van der Waals surface area contributed by atoms with Crippen LogP contribution < -0.4 is 16.4 Å². The second-order valence-corrected chi connectivity index (χ2v) is 6.98. The van der Waals surface area contributed by atoms with E-state index in [1.54, 1.807) is 6.20 Å². The summed E-state index contributed by atoms with van der Waals surface area (Å²) in [4.78, 5) is 16.4. The van der Waals surface area contributed by atoms with Crippen molar-refractivity contribution in [2.75, 3.05) is 25.4 Å². The van der Waals surface area contributed by atoms with Crippen LogP contribution in [0.25, 0.3) is 0 Å². The smallest absolute Gasteiger partial charge is 0.241 e. The number of carbonyl (C=O) groups excluding carboxylic acids is 1. The molecule has 0 radical (unpaired) electrons. The summed E-state index contributed by atoms with van der Waals surface area (Å²) in [5, 5.41) is 13.2. The lowest BCUT2D eigenvalue weighted by molar-refractivity contribution is -0.121. The summed E-state index contributed by atoms with van der Waals surface area (Å²) in [6.45, 7) is 2.96. The Hall–Kier alpha value is -1.93. The second-order valence-electron chi connectivity index (χ2n) is 6.09. The summed E-state index contributed by atoms with van der Waals surface area (Å²) in [7, 11) is 0. The van der Waals surface area contributed by atoms with Gasteiger partial charge in [-0.3, -0.25) is 9.48 Å². The molecule has 0 aromatic carbocycles. The summed E-state index contributed by atoms with van der Waals surface area (Å²) in [5.41, 5.74) is 7.75. The van der Waals surface area contributed by atoms with Gasteiger partial charge in [0.15, 0.2) is 5.13 Å². The van der Waals surface area contributed by atoms with Crippen molar-refractivity contribution < 1.29 is 4.79 Å². The van der Waals surface area contributed by atoms with Crippen molar-refractivity contribution in [3.8, 4) is 0 Å². The van der Waals surface area contributed by atoms with Gasteiger partial charge in [-0.2, -0.15) is 5.10 Å². The molecule has 8 heteroatoms. The summed E-state index contributed by atoms with van der Waals surface area (Å²) in [5.74, 6) is 0.450. The van der Waals surface area contributed by atoms with E-state index >= 15 is 0 Å². The third-order valence-electron chi connectivity index (χ3n) is 4.26. The molecule has 1 amide bonds. The Balaban J connectivity index is 1.42. The van der Waals surface area contributed by atoms with E-state index in [1.807, 2.05) is 16.1 Å². The molecule has 1 fully saturated rings. The minimum Gasteiger partial charge on any atom is -0.375 e. The molecule has 2 aromatic rings. The first-order valence-electron chi connectivity index (χ1n) is 8.41. The van der Waals surface area contributed by atoms with E-state index < -0.39 is 0 Å². The maximum absolute atomic E-state index is 12.1. The Bertz CT molecular complexity index is 661. The largest absolute Gasteiger partial charge is 0.375 e. The number of amides is 1. The van der Waals surface area contributed by atoms with Gasteiger partial charge in [0.2, 0.25) is 5.91 Å². The monoisotopic (exact) mass is 348 g/mol. The maximum Gasteiger partial charge on any atom is 0.241 e. The fourth-order valence-corrected chi connectivity index (χ4v) is 3.65. The zero-order chi connectivity index (χ0) is 16.8. The normalized spacial score (nSPS) is 17.8. The number of aryl methyl sites for hydroxylation is 1. The molecule has 0 saturated carbocycles. The predicted octanol–water partition coefficient (Wildman–Crippen LogP) is 1.14. The first kappa shape index (κ1) is 16.9. The van der Waals surface area contributed by atoms with E-state index in [0.29, 0.717) is 17.6 Å². The standard InChI is InChI=1S/C16H24N6OS/c17-16-21-13(11-24-16)4-2-7-19-15(23)10-22-14(5-8-20-22)12-3-1-6-18-9-12/h5,8,11-12,18H,1-4,6-7,9-10H2,(H2,17,21)(H,19,23)/t12-/m0/s1. The number of nitrogens with two attached hydrogens (primary N) is 1. The van der Waals surface area contributed by atoms with Crippen molar-refractivity contribution >= 4 is 22.4 Å². The van der Waals surface area contributed by atoms with Crippen LogP contribution in [0.5, 0.6) is 0 Å². The Labute approximate surface area is 145 Å². The fraction of sp³-hybridized carbons (Fsp3) is 0.562. The van der Waals surface area contributed by atoms with Crippen LogP contribution in [-0.2, 0) is 17.8 Å². The molecule has 2 aromatic heterocycles. The SMILES string of the molecule is Nc1nc(CCCNC(=O)Cn2nccc2[C@H]2CCCNC2)cs1. The molecule has 7 nitrogen and oxygen atoms in total. The van der Waals surface area contributed by atoms with Gasteiger partial charge in [0.05, 0.1) is 5.69 Å². The van der Waals surface area contributed by atoms with E-state index in [4.69, 9.17) is 5.73 Å². The number of aromatic nitrogens is 3. The maximum atomic E-state index is 12.1. The van der Waals surface area contributed by atoms with Gasteiger partial charge in [-0.15, -0.1) is 11.3 Å². The molecule has 1 atom stereocenters. The number of rotatable bonds is 7. The highest BCUT2D eigenvalue weighted by Gasteiger charge is 2.19. The predicted molar refractivity (Wildman–Crippen MR) is 94.9 cm³/mol. The van der Waals surface area contributed by atoms with E-state index in [-0.39, 0.29) is 12.5 Å². The number of carbonyl (C=O) groups is 1. The summed E-state index contributed by atoms with van der Waals surface area (Å²) in [6, 6.07) is 2.03. The van der Waals surface area contributed by atoms with Crippen LogP contribution in [0.3, 0.4) is 0 Å². The van der Waals surface area contributed by atoms with Crippen molar-refractivity contribution in [3.63, 3.8) is 0 Å². The van der Waals surface area contributed by atoms with Crippen LogP contribution in [0.2, 0.25) is 0 Å². The van der Waals surface area contributed by atoms with Crippen molar-refractivity contribution in [2.45, 2.75) is 38.1 Å². The molecule has 3 heterocycles. The first-order chi connectivity index (χ1) is 11.7. The van der Waals surface area contributed by atoms with Crippen LogP contribution in [0.4, 0.5) is 5.13 Å². The van der Waals surface area contributed by atoms with E-state index in [9.17, 15) is 4.79 Å². The van der Waals surface area contributed by atoms with Crippen molar-refractivity contribution in [1.29, 1.82) is 0 Å². The molecule has 0 aliphatic carbocycles. The Morgan fingerprint density at radius 3 is 3.21 bits per heavy atom. The van der Waals surface area contributed by atoms with Gasteiger partial charge in [0.1, 0.15) is 6.54 Å². The van der Waals surface area contributed by atoms with Crippen molar-refractivity contribution in [1.82, 2.24) is 25.4 Å². The molecular formula is C16H24N6OS. The molecule has 1 aliphatic rings. The van der Waals surface area contributed by atoms with E-state index in [0.717, 1.165) is 43.7 Å². The zero-order valence-electron chi connectivity index (χ0n) is 13.7. The van der Waals surface area contributed by atoms with Crippen molar-refractivity contribution in [2.24, 2.45) is 0 Å². The van der Waals surface area contributed by atoms with E-state index in [1.165, 1.54) is 17.8 Å². The van der Waals surface area contributed by atoms with Gasteiger partial charge in [-0.05, 0) is 38.3 Å². The first-order valence-corrected chi connectivity index (χ1v) is 9.29. The number of hydrogen-bond donors (Lipinski definition) is 3. The van der Waals surface area contributed by atoms with Gasteiger partial charge in [0.25, 0.3) is 0 Å². The lowest BCUT2D eigenvalue weighted by Gasteiger charge is -2.23. The molecular weight excluding hydrogens is 324 g/mol. The van der Waals surface area contributed by atoms with Crippen LogP contribution in [0.1, 0.15) is 36.6 Å². The Kier molecular flexibility index (Phi) is 5.81. The molecule has 1 saturated heterocycles. The molecule has 3 rings (SSSR count). The number of nitrogen functional groups attached to an aromatic ring is 1. The minimum atomic E-state index is 0.00140. The Morgan fingerprint density at radius 1 is 1.54 bits per heavy atom. The highest BCUT2D eigenvalue weighted by atomic mass is 32.1. The van der Waals surface area contributed by atoms with Gasteiger partial charge in [0, 0.05) is 36.3 Å². The number of thiazole rings is 1. The number of anilines is 1. The van der Waals surface area contributed by atoms with Crippen LogP contribution in [0.15, 0.2) is 17.6 Å². The summed E-state index contributed by atoms with van der Waals surface area (Å²) < 4.78 is 1.83. The number of piperidine rings is 1. The van der Waals surface area contributed by atoms with Crippen LogP contribution in [0, 0.1) is 0 Å². The second kappa shape index (κ2) is 8.25. The zero-order valence-corrected chi connectivity index (χ0v) is 14.5. The summed E-state index contributed by atoms with van der Waals surface area (Å²) >= 11 is 1.45. The average Bonchev–Trinajstić information content (AvgIpc) is 3.21. The van der Waals surface area contributed by atoms with Gasteiger partial charge < -0.3 is 16.4 Å². The topological polar surface area (TPSA) is 97.9 Å². The molecule has 24 heavy (non-hydrogen) atoms. The van der Waals surface area contributed by atoms with Crippen molar-refractivity contribution in [3.05, 3.63) is 29.0 Å². The minimum absolute atomic E-state index is 0.00140. The molecule has 4 N–H and O–H groups in total. The molecule has 1 aliphatic heterocycles. The molecule has 0 spiro atoms. The third kappa shape index (κ3) is 4.55. The lowest BCUT2D eigenvalue weighted by Crippen LogP contribution is -2.32. The van der Waals surface area contributed by atoms with Crippen LogP contribution in [-0.4, -0.2) is 40.3 Å². The highest BCUT2D eigenvalue weighted by Crippen LogP contribution is 2.22. The third-order valence-corrected chi connectivity index (χ3v) is 4.98. The molecule has 130 valence electrons. The Morgan fingerprint density at radius 2 is 2.46 bits per heavy atom. The van der Waals surface area contributed by atoms with Crippen LogP contribution >= 0.6 is 11.3 Å². The van der Waals surface area contributed by atoms with Gasteiger partial charge in [-0.1, -0.05) is 0 Å². The van der Waals surface area contributed by atoms with E-state index in [2.05, 4.69) is 20.7 Å².